The molecule has 106 valence electrons. The minimum Gasteiger partial charge on any atom is -0.462 e. The van der Waals surface area contributed by atoms with E-state index in [1.165, 1.54) is 0 Å². The Labute approximate surface area is 119 Å². The van der Waals surface area contributed by atoms with Crippen molar-refractivity contribution in [3.63, 3.8) is 0 Å². The maximum Gasteiger partial charge on any atom is 0.338 e. The zero-order chi connectivity index (χ0) is 14.4. The predicted molar refractivity (Wildman–Crippen MR) is 74.4 cm³/mol. The van der Waals surface area contributed by atoms with E-state index in [-0.39, 0.29) is 5.97 Å². The van der Waals surface area contributed by atoms with Crippen LogP contribution in [0.3, 0.4) is 0 Å². The van der Waals surface area contributed by atoms with E-state index < -0.39 is 0 Å². The highest BCUT2D eigenvalue weighted by molar-refractivity contribution is 5.89. The second-order valence-electron chi connectivity index (χ2n) is 5.05. The number of carbonyl (C=O) groups excluding carboxylic acids is 1. The molecule has 1 saturated heterocycles. The SMILES string of the molecule is Cc1ccc(C(=O)OCCCC2CCCO2)cc1C#N. The van der Waals surface area contributed by atoms with Crippen molar-refractivity contribution in [3.05, 3.63) is 34.9 Å². The number of carbonyl (C=O) groups is 1. The lowest BCUT2D eigenvalue weighted by molar-refractivity contribution is 0.0461. The molecule has 0 amide bonds. The molecule has 1 aromatic rings. The standard InChI is InChI=1S/C16H19NO3/c1-12-6-7-13(10-14(12)11-17)16(18)20-9-3-5-15-4-2-8-19-15/h6-7,10,15H,2-5,8-9H2,1H3. The summed E-state index contributed by atoms with van der Waals surface area (Å²) in [6.45, 7) is 3.09. The summed E-state index contributed by atoms with van der Waals surface area (Å²) in [6.07, 6.45) is 4.32. The highest BCUT2D eigenvalue weighted by Crippen LogP contribution is 2.17. The molecule has 1 aliphatic heterocycles. The molecule has 4 nitrogen and oxygen atoms in total. The van der Waals surface area contributed by atoms with Crippen LogP contribution in [0.4, 0.5) is 0 Å². The second-order valence-corrected chi connectivity index (χ2v) is 5.05. The Hall–Kier alpha value is -1.86. The smallest absolute Gasteiger partial charge is 0.338 e. The molecule has 2 rings (SSSR count). The maximum atomic E-state index is 11.9. The average Bonchev–Trinajstić information content (AvgIpc) is 2.97. The van der Waals surface area contributed by atoms with E-state index in [1.54, 1.807) is 18.2 Å². The molecule has 0 N–H and O–H groups in total. The van der Waals surface area contributed by atoms with Crippen molar-refractivity contribution in [2.75, 3.05) is 13.2 Å². The van der Waals surface area contributed by atoms with Crippen molar-refractivity contribution in [3.8, 4) is 6.07 Å². The van der Waals surface area contributed by atoms with Gasteiger partial charge in [-0.1, -0.05) is 6.07 Å². The van der Waals surface area contributed by atoms with Crippen molar-refractivity contribution < 1.29 is 14.3 Å². The summed E-state index contributed by atoms with van der Waals surface area (Å²) in [5.74, 6) is -0.367. The van der Waals surface area contributed by atoms with Crippen LogP contribution in [0, 0.1) is 18.3 Å². The number of nitrogens with zero attached hydrogens (tertiary/aromatic N) is 1. The van der Waals surface area contributed by atoms with E-state index in [1.807, 2.05) is 6.92 Å². The number of aryl methyl sites for hydroxylation is 1. The van der Waals surface area contributed by atoms with Gasteiger partial charge in [-0.2, -0.15) is 5.26 Å². The van der Waals surface area contributed by atoms with Crippen LogP contribution in [0.15, 0.2) is 18.2 Å². The summed E-state index contributed by atoms with van der Waals surface area (Å²) < 4.78 is 10.7. The first-order valence-electron chi connectivity index (χ1n) is 7.00. The van der Waals surface area contributed by atoms with Gasteiger partial charge in [0.2, 0.25) is 0 Å². The number of benzene rings is 1. The van der Waals surface area contributed by atoms with Gasteiger partial charge in [0.1, 0.15) is 0 Å². The van der Waals surface area contributed by atoms with E-state index >= 15 is 0 Å². The second kappa shape index (κ2) is 7.06. The first-order valence-corrected chi connectivity index (χ1v) is 7.00. The number of nitriles is 1. The first-order chi connectivity index (χ1) is 9.70. The van der Waals surface area contributed by atoms with Crippen LogP contribution in [0.1, 0.15) is 47.2 Å². The van der Waals surface area contributed by atoms with Crippen LogP contribution >= 0.6 is 0 Å². The topological polar surface area (TPSA) is 59.3 Å². The molecular weight excluding hydrogens is 254 g/mol. The Balaban J connectivity index is 1.78. The molecule has 1 atom stereocenters. The van der Waals surface area contributed by atoms with E-state index in [2.05, 4.69) is 6.07 Å². The van der Waals surface area contributed by atoms with Gasteiger partial charge in [0.15, 0.2) is 0 Å². The normalized spacial score (nSPS) is 17.7. The fourth-order valence-electron chi connectivity index (χ4n) is 2.30. The Bertz CT molecular complexity index is 513. The molecule has 1 aliphatic rings. The Morgan fingerprint density at radius 1 is 1.55 bits per heavy atom. The summed E-state index contributed by atoms with van der Waals surface area (Å²) in [4.78, 5) is 11.9. The molecule has 20 heavy (non-hydrogen) atoms. The molecule has 0 aliphatic carbocycles. The van der Waals surface area contributed by atoms with Crippen molar-refractivity contribution in [1.29, 1.82) is 5.26 Å². The number of hydrogen-bond acceptors (Lipinski definition) is 4. The van der Waals surface area contributed by atoms with Crippen LogP contribution in [-0.2, 0) is 9.47 Å². The van der Waals surface area contributed by atoms with Gasteiger partial charge in [-0.05, 0) is 50.3 Å². The van der Waals surface area contributed by atoms with Gasteiger partial charge in [-0.15, -0.1) is 0 Å². The zero-order valence-corrected chi connectivity index (χ0v) is 11.7. The number of rotatable bonds is 5. The van der Waals surface area contributed by atoms with Gasteiger partial charge in [-0.25, -0.2) is 4.79 Å². The highest BCUT2D eigenvalue weighted by atomic mass is 16.5. The summed E-state index contributed by atoms with van der Waals surface area (Å²) in [7, 11) is 0. The van der Waals surface area contributed by atoms with Crippen molar-refractivity contribution in [2.24, 2.45) is 0 Å². The lowest BCUT2D eigenvalue weighted by atomic mass is 10.1. The van der Waals surface area contributed by atoms with Crippen molar-refractivity contribution >= 4 is 5.97 Å². The summed E-state index contributed by atoms with van der Waals surface area (Å²) in [5, 5.41) is 8.94. The summed E-state index contributed by atoms with van der Waals surface area (Å²) in [6, 6.07) is 7.11. The molecule has 1 unspecified atom stereocenters. The maximum absolute atomic E-state index is 11.9. The van der Waals surface area contributed by atoms with E-state index in [4.69, 9.17) is 14.7 Å². The molecule has 1 fully saturated rings. The summed E-state index contributed by atoms with van der Waals surface area (Å²) >= 11 is 0. The van der Waals surface area contributed by atoms with Gasteiger partial charge in [0, 0.05) is 6.61 Å². The molecule has 1 aromatic carbocycles. The van der Waals surface area contributed by atoms with Gasteiger partial charge >= 0.3 is 5.97 Å². The van der Waals surface area contributed by atoms with Crippen LogP contribution in [0.25, 0.3) is 0 Å². The monoisotopic (exact) mass is 273 g/mol. The third-order valence-corrected chi connectivity index (χ3v) is 3.52. The quantitative estimate of drug-likeness (QED) is 0.611. The van der Waals surface area contributed by atoms with E-state index in [0.29, 0.717) is 23.8 Å². The van der Waals surface area contributed by atoms with Crippen molar-refractivity contribution in [1.82, 2.24) is 0 Å². The third-order valence-electron chi connectivity index (χ3n) is 3.52. The van der Waals surface area contributed by atoms with E-state index in [0.717, 1.165) is 37.9 Å². The van der Waals surface area contributed by atoms with Crippen molar-refractivity contribution in [2.45, 2.75) is 38.7 Å². The molecule has 0 bridgehead atoms. The third kappa shape index (κ3) is 3.82. The van der Waals surface area contributed by atoms with Gasteiger partial charge in [-0.3, -0.25) is 0 Å². The fraction of sp³-hybridized carbons (Fsp3) is 0.500. The molecule has 0 radical (unpaired) electrons. The Morgan fingerprint density at radius 2 is 2.40 bits per heavy atom. The highest BCUT2D eigenvalue weighted by Gasteiger charge is 2.15. The molecule has 0 saturated carbocycles. The fourth-order valence-corrected chi connectivity index (χ4v) is 2.30. The lowest BCUT2D eigenvalue weighted by Gasteiger charge is -2.09. The largest absolute Gasteiger partial charge is 0.462 e. The molecule has 0 aromatic heterocycles. The Kier molecular flexibility index (Phi) is 5.14. The van der Waals surface area contributed by atoms with Crippen LogP contribution in [0.2, 0.25) is 0 Å². The number of esters is 1. The number of ether oxygens (including phenoxy) is 2. The number of hydrogen-bond donors (Lipinski definition) is 0. The minimum absolute atomic E-state index is 0.332. The van der Waals surface area contributed by atoms with Gasteiger partial charge in [0.25, 0.3) is 0 Å². The zero-order valence-electron chi connectivity index (χ0n) is 11.7. The van der Waals surface area contributed by atoms with Gasteiger partial charge < -0.3 is 9.47 Å². The minimum atomic E-state index is -0.367. The van der Waals surface area contributed by atoms with Crippen LogP contribution in [0.5, 0.6) is 0 Å². The van der Waals surface area contributed by atoms with Gasteiger partial charge in [0.05, 0.1) is 29.9 Å². The lowest BCUT2D eigenvalue weighted by Crippen LogP contribution is -2.10. The van der Waals surface area contributed by atoms with E-state index in [9.17, 15) is 4.79 Å². The molecule has 4 heteroatoms. The molecular formula is C16H19NO3. The summed E-state index contributed by atoms with van der Waals surface area (Å²) in [5.41, 5.74) is 1.81. The molecule has 0 spiro atoms. The molecule has 1 heterocycles. The van der Waals surface area contributed by atoms with Crippen LogP contribution in [-0.4, -0.2) is 25.3 Å². The Morgan fingerprint density at radius 3 is 3.10 bits per heavy atom. The first kappa shape index (κ1) is 14.5. The predicted octanol–water partition coefficient (Wildman–Crippen LogP) is 2.98. The average molecular weight is 273 g/mol. The van der Waals surface area contributed by atoms with Crippen LogP contribution < -0.4 is 0 Å².